The van der Waals surface area contributed by atoms with E-state index in [1.165, 1.54) is 225 Å². The molecule has 0 rings (SSSR count). The maximum atomic E-state index is 12.6. The van der Waals surface area contributed by atoms with Crippen molar-refractivity contribution in [2.45, 2.75) is 321 Å². The van der Waals surface area contributed by atoms with Gasteiger partial charge in [0.15, 0.2) is 0 Å². The van der Waals surface area contributed by atoms with Crippen molar-refractivity contribution in [3.63, 3.8) is 0 Å². The molecule has 64 heavy (non-hydrogen) atoms. The molecule has 4 atom stereocenters. The van der Waals surface area contributed by atoms with Crippen LogP contribution in [0.15, 0.2) is 36.5 Å². The Morgan fingerprint density at radius 2 is 0.688 bits per heavy atom. The van der Waals surface area contributed by atoms with E-state index < -0.39 is 36.9 Å². The molecule has 4 unspecified atom stereocenters. The first kappa shape index (κ1) is 62.5. The maximum Gasteiger partial charge on any atom is 0.249 e. The monoisotopic (exact) mass is 902 g/mol. The average Bonchev–Trinajstić information content (AvgIpc) is 3.30. The zero-order valence-electron chi connectivity index (χ0n) is 42.8. The number of carbonyl (C=O) groups excluding carboxylic acids is 1. The van der Waals surface area contributed by atoms with Crippen LogP contribution < -0.4 is 5.32 Å². The topological polar surface area (TPSA) is 110 Å². The van der Waals surface area contributed by atoms with Gasteiger partial charge in [0, 0.05) is 0 Å². The molecule has 0 spiro atoms. The summed E-state index contributed by atoms with van der Waals surface area (Å²) in [6, 6.07) is -1.00. The molecule has 0 saturated heterocycles. The molecule has 0 radical (unpaired) electrons. The van der Waals surface area contributed by atoms with Gasteiger partial charge in [0.1, 0.15) is 12.2 Å². The van der Waals surface area contributed by atoms with Crippen molar-refractivity contribution in [1.82, 2.24) is 5.32 Å². The summed E-state index contributed by atoms with van der Waals surface area (Å²) in [6.07, 6.45) is 65.1. The Morgan fingerprint density at radius 3 is 1.03 bits per heavy atom. The lowest BCUT2D eigenvalue weighted by Gasteiger charge is -2.27. The Kier molecular flexibility index (Phi) is 51.3. The molecular formula is C58H111NO5. The van der Waals surface area contributed by atoms with E-state index in [4.69, 9.17) is 0 Å². The second-order valence-corrected chi connectivity index (χ2v) is 19.6. The molecule has 0 aromatic heterocycles. The van der Waals surface area contributed by atoms with Crippen LogP contribution in [0.5, 0.6) is 0 Å². The number of aliphatic hydroxyl groups excluding tert-OH is 4. The van der Waals surface area contributed by atoms with Crippen molar-refractivity contribution in [1.29, 1.82) is 0 Å². The SMILES string of the molecule is CCCCCCCCCCC/C=C/CCCC(O)C(O)C(CO)NC(=O)C(O)CCCCCCCCCCCCCCCCCC/C=C\C/C=C\CCCCCCCCCCCCC. The number of amides is 1. The number of unbranched alkanes of at least 4 members (excludes halogenated alkanes) is 37. The summed E-state index contributed by atoms with van der Waals surface area (Å²) in [6.45, 7) is 4.05. The highest BCUT2D eigenvalue weighted by molar-refractivity contribution is 5.80. The van der Waals surface area contributed by atoms with Crippen LogP contribution in [0, 0.1) is 0 Å². The molecule has 6 nitrogen and oxygen atoms in total. The summed E-state index contributed by atoms with van der Waals surface area (Å²) in [7, 11) is 0. The van der Waals surface area contributed by atoms with Gasteiger partial charge in [-0.2, -0.15) is 0 Å². The lowest BCUT2D eigenvalue weighted by Crippen LogP contribution is -2.53. The normalized spacial score (nSPS) is 14.0. The molecular weight excluding hydrogens is 791 g/mol. The van der Waals surface area contributed by atoms with Crippen molar-refractivity contribution in [3.8, 4) is 0 Å². The second-order valence-electron chi connectivity index (χ2n) is 19.6. The molecule has 0 aliphatic heterocycles. The molecule has 6 heteroatoms. The first-order valence-corrected chi connectivity index (χ1v) is 28.4. The van der Waals surface area contributed by atoms with E-state index in [-0.39, 0.29) is 0 Å². The lowest BCUT2D eigenvalue weighted by molar-refractivity contribution is -0.132. The summed E-state index contributed by atoms with van der Waals surface area (Å²) >= 11 is 0. The van der Waals surface area contributed by atoms with Crippen molar-refractivity contribution in [2.75, 3.05) is 6.61 Å². The highest BCUT2D eigenvalue weighted by atomic mass is 16.3. The number of hydrogen-bond donors (Lipinski definition) is 5. The van der Waals surface area contributed by atoms with Crippen molar-refractivity contribution < 1.29 is 25.2 Å². The standard InChI is InChI=1S/C58H111NO5/c1-3-5-7-9-11-13-15-17-19-20-21-22-23-24-25-26-27-28-29-30-31-32-33-34-35-36-37-38-40-42-44-46-48-50-52-56(62)58(64)59-54(53-60)57(63)55(61)51-49-47-45-43-41-39-18-16-14-12-10-8-6-4-2/h23-24,26-27,43,45,54-57,60-63H,3-22,25,28-42,44,46-53H2,1-2H3,(H,59,64)/b24-23-,27-26-,45-43+. The van der Waals surface area contributed by atoms with Gasteiger partial charge in [-0.05, 0) is 70.6 Å². The Hall–Kier alpha value is -1.47. The summed E-state index contributed by atoms with van der Waals surface area (Å²) in [5.41, 5.74) is 0. The zero-order chi connectivity index (χ0) is 46.7. The number of allylic oxidation sites excluding steroid dienone is 6. The highest BCUT2D eigenvalue weighted by Gasteiger charge is 2.28. The highest BCUT2D eigenvalue weighted by Crippen LogP contribution is 2.17. The molecule has 0 aromatic carbocycles. The molecule has 1 amide bonds. The van der Waals surface area contributed by atoms with Crippen LogP contribution in [0.25, 0.3) is 0 Å². The predicted octanol–water partition coefficient (Wildman–Crippen LogP) is 16.4. The Balaban J connectivity index is 3.58. The number of hydrogen-bond acceptors (Lipinski definition) is 5. The van der Waals surface area contributed by atoms with Gasteiger partial charge in [-0.15, -0.1) is 0 Å². The van der Waals surface area contributed by atoms with Crippen LogP contribution in [-0.2, 0) is 4.79 Å². The predicted molar refractivity (Wildman–Crippen MR) is 279 cm³/mol. The fourth-order valence-corrected chi connectivity index (χ4v) is 8.85. The average molecular weight is 903 g/mol. The molecule has 0 aromatic rings. The third-order valence-corrected chi connectivity index (χ3v) is 13.3. The van der Waals surface area contributed by atoms with Gasteiger partial charge >= 0.3 is 0 Å². The van der Waals surface area contributed by atoms with Gasteiger partial charge in [0.25, 0.3) is 0 Å². The number of rotatable bonds is 52. The number of aliphatic hydroxyl groups is 4. The van der Waals surface area contributed by atoms with Gasteiger partial charge in [-0.3, -0.25) is 4.79 Å². The quantitative estimate of drug-likeness (QED) is 0.0309. The van der Waals surface area contributed by atoms with Crippen LogP contribution in [-0.4, -0.2) is 57.3 Å². The van der Waals surface area contributed by atoms with Crippen molar-refractivity contribution >= 4 is 5.91 Å². The summed E-state index contributed by atoms with van der Waals surface area (Å²) in [5, 5.41) is 43.8. The van der Waals surface area contributed by atoms with Gasteiger partial charge in [0.05, 0.1) is 18.8 Å². The molecule has 0 heterocycles. The fourth-order valence-electron chi connectivity index (χ4n) is 8.85. The minimum atomic E-state index is -1.28. The second kappa shape index (κ2) is 52.5. The van der Waals surface area contributed by atoms with Crippen LogP contribution in [0.2, 0.25) is 0 Å². The number of nitrogens with one attached hydrogen (secondary N) is 1. The summed E-state index contributed by atoms with van der Waals surface area (Å²) in [4.78, 5) is 12.6. The number of carbonyl (C=O) groups is 1. The molecule has 0 saturated carbocycles. The lowest BCUT2D eigenvalue weighted by atomic mass is 10.00. The Morgan fingerprint density at radius 1 is 0.391 bits per heavy atom. The molecule has 378 valence electrons. The molecule has 0 bridgehead atoms. The molecule has 0 aliphatic rings. The van der Waals surface area contributed by atoms with E-state index in [1.54, 1.807) is 0 Å². The van der Waals surface area contributed by atoms with Gasteiger partial charge < -0.3 is 25.7 Å². The van der Waals surface area contributed by atoms with E-state index in [2.05, 4.69) is 55.6 Å². The Bertz CT molecular complexity index is 1010. The summed E-state index contributed by atoms with van der Waals surface area (Å²) < 4.78 is 0. The molecule has 0 aliphatic carbocycles. The largest absolute Gasteiger partial charge is 0.394 e. The van der Waals surface area contributed by atoms with E-state index >= 15 is 0 Å². The third kappa shape index (κ3) is 45.7. The Labute approximate surface area is 398 Å². The van der Waals surface area contributed by atoms with Crippen LogP contribution >= 0.6 is 0 Å². The van der Waals surface area contributed by atoms with Gasteiger partial charge in [-0.1, -0.05) is 262 Å². The first-order chi connectivity index (χ1) is 31.5. The van der Waals surface area contributed by atoms with Crippen LogP contribution in [0.3, 0.4) is 0 Å². The van der Waals surface area contributed by atoms with E-state index in [0.29, 0.717) is 12.8 Å². The van der Waals surface area contributed by atoms with E-state index in [1.807, 2.05) is 0 Å². The van der Waals surface area contributed by atoms with E-state index in [0.717, 1.165) is 44.9 Å². The van der Waals surface area contributed by atoms with Gasteiger partial charge in [-0.25, -0.2) is 0 Å². The van der Waals surface area contributed by atoms with Crippen LogP contribution in [0.1, 0.15) is 296 Å². The summed E-state index contributed by atoms with van der Waals surface area (Å²) in [5.74, 6) is -0.591. The van der Waals surface area contributed by atoms with E-state index in [9.17, 15) is 25.2 Å². The maximum absolute atomic E-state index is 12.6. The minimum absolute atomic E-state index is 0.364. The zero-order valence-corrected chi connectivity index (χ0v) is 42.8. The fraction of sp³-hybridized carbons (Fsp3) is 0.879. The van der Waals surface area contributed by atoms with Gasteiger partial charge in [0.2, 0.25) is 5.91 Å². The molecule has 0 fully saturated rings. The van der Waals surface area contributed by atoms with Crippen molar-refractivity contribution in [2.24, 2.45) is 0 Å². The first-order valence-electron chi connectivity index (χ1n) is 28.4. The smallest absolute Gasteiger partial charge is 0.249 e. The molecule has 5 N–H and O–H groups in total. The van der Waals surface area contributed by atoms with Crippen molar-refractivity contribution in [3.05, 3.63) is 36.5 Å². The van der Waals surface area contributed by atoms with Crippen LogP contribution in [0.4, 0.5) is 0 Å². The minimum Gasteiger partial charge on any atom is -0.394 e. The third-order valence-electron chi connectivity index (χ3n) is 13.3.